The molecule has 0 aliphatic carbocycles. The van der Waals surface area contributed by atoms with Crippen LogP contribution in [0.2, 0.25) is 0 Å². The van der Waals surface area contributed by atoms with Crippen LogP contribution in [0.25, 0.3) is 0 Å². The summed E-state index contributed by atoms with van der Waals surface area (Å²) in [6, 6.07) is 10.8. The van der Waals surface area contributed by atoms with Crippen LogP contribution in [0.4, 0.5) is 26.3 Å². The van der Waals surface area contributed by atoms with Crippen LogP contribution in [0.15, 0.2) is 45.3 Å². The molecule has 15 heteroatoms. The SMILES string of the molecule is CC(C)(CCCNC(=O)C(F)(F)F)c1ccc(Br)c(O)c1.COCOc1cc(C(C)(C)CCCNC(=O)C(F)(F)F)ccc1Br. The van der Waals surface area contributed by atoms with Crippen molar-refractivity contribution in [2.45, 2.75) is 76.6 Å². The number of amides is 2. The molecular formula is C30H38Br2F6N2O5. The van der Waals surface area contributed by atoms with E-state index in [1.807, 2.05) is 62.6 Å². The Kier molecular flexibility index (Phi) is 15.7. The van der Waals surface area contributed by atoms with Crippen LogP contribution in [0, 0.1) is 0 Å². The molecule has 0 heterocycles. The van der Waals surface area contributed by atoms with Gasteiger partial charge in [-0.25, -0.2) is 0 Å². The summed E-state index contributed by atoms with van der Waals surface area (Å²) in [5.41, 5.74) is 1.26. The highest BCUT2D eigenvalue weighted by Gasteiger charge is 2.39. The summed E-state index contributed by atoms with van der Waals surface area (Å²) in [6.45, 7) is 7.90. The first-order valence-corrected chi connectivity index (χ1v) is 15.3. The number of methoxy groups -OCH3 is 1. The Bertz CT molecular complexity index is 1270. The van der Waals surface area contributed by atoms with E-state index in [4.69, 9.17) is 9.47 Å². The third-order valence-corrected chi connectivity index (χ3v) is 8.14. The number of hydrogen-bond acceptors (Lipinski definition) is 5. The number of nitrogens with one attached hydrogen (secondary N) is 2. The van der Waals surface area contributed by atoms with E-state index in [1.165, 1.54) is 7.11 Å². The van der Waals surface area contributed by atoms with Gasteiger partial charge in [0.05, 0.1) is 8.95 Å². The monoisotopic (exact) mass is 778 g/mol. The van der Waals surface area contributed by atoms with E-state index in [1.54, 1.807) is 12.1 Å². The molecule has 2 rings (SSSR count). The van der Waals surface area contributed by atoms with Crippen LogP contribution in [0.3, 0.4) is 0 Å². The van der Waals surface area contributed by atoms with Crippen LogP contribution in [-0.4, -0.2) is 56.3 Å². The van der Waals surface area contributed by atoms with Gasteiger partial charge in [0.2, 0.25) is 0 Å². The average Bonchev–Trinajstić information content (AvgIpc) is 2.93. The van der Waals surface area contributed by atoms with Crippen molar-refractivity contribution < 1.29 is 50.5 Å². The molecule has 0 saturated heterocycles. The predicted octanol–water partition coefficient (Wildman–Crippen LogP) is 8.06. The molecule has 0 radical (unpaired) electrons. The van der Waals surface area contributed by atoms with Crippen molar-refractivity contribution in [2.75, 3.05) is 27.0 Å². The number of phenolic OH excluding ortho intramolecular Hbond substituents is 1. The standard InChI is InChI=1S/C16H21BrF3NO3.C14H17BrF3NO2/c1-15(2,7-4-8-21-14(22)16(18,19)20)11-5-6-12(17)13(9-11)24-10-23-3;1-13(2,9-4-5-10(15)11(20)8-9)6-3-7-19-12(21)14(16,17)18/h5-6,9H,4,7-8,10H2,1-3H3,(H,21,22);4-5,8,20H,3,6-7H2,1-2H3,(H,19,21). The lowest BCUT2D eigenvalue weighted by Gasteiger charge is -2.26. The number of rotatable bonds is 13. The topological polar surface area (TPSA) is 96.9 Å². The molecule has 2 aromatic rings. The fourth-order valence-corrected chi connectivity index (χ4v) is 4.65. The van der Waals surface area contributed by atoms with E-state index in [-0.39, 0.29) is 36.5 Å². The van der Waals surface area contributed by atoms with E-state index < -0.39 is 24.2 Å². The molecule has 2 amide bonds. The van der Waals surface area contributed by atoms with Crippen molar-refractivity contribution in [3.63, 3.8) is 0 Å². The lowest BCUT2D eigenvalue weighted by Crippen LogP contribution is -2.37. The number of carbonyl (C=O) groups is 2. The van der Waals surface area contributed by atoms with Crippen LogP contribution in [0.1, 0.15) is 64.5 Å². The Balaban J connectivity index is 0.000000454. The van der Waals surface area contributed by atoms with Gasteiger partial charge in [0.25, 0.3) is 0 Å². The highest BCUT2D eigenvalue weighted by atomic mass is 79.9. The Hall–Kier alpha value is -2.52. The second-order valence-corrected chi connectivity index (χ2v) is 13.1. The van der Waals surface area contributed by atoms with Gasteiger partial charge in [-0.3, -0.25) is 9.59 Å². The molecule has 0 unspecified atom stereocenters. The largest absolute Gasteiger partial charge is 0.507 e. The van der Waals surface area contributed by atoms with Gasteiger partial charge in [0.15, 0.2) is 6.79 Å². The molecule has 0 aromatic heterocycles. The van der Waals surface area contributed by atoms with Crippen molar-refractivity contribution in [1.29, 1.82) is 0 Å². The van der Waals surface area contributed by atoms with Gasteiger partial charge in [-0.1, -0.05) is 39.8 Å². The van der Waals surface area contributed by atoms with E-state index >= 15 is 0 Å². The van der Waals surface area contributed by atoms with Gasteiger partial charge in [-0.05, 0) is 104 Å². The molecule has 0 aliphatic heterocycles. The second-order valence-electron chi connectivity index (χ2n) is 11.3. The molecule has 0 atom stereocenters. The van der Waals surface area contributed by atoms with E-state index in [2.05, 4.69) is 31.9 Å². The minimum atomic E-state index is -4.84. The number of halogens is 8. The first kappa shape index (κ1) is 40.5. The number of phenols is 1. The summed E-state index contributed by atoms with van der Waals surface area (Å²) in [5, 5.41) is 13.4. The number of benzene rings is 2. The molecule has 45 heavy (non-hydrogen) atoms. The van der Waals surface area contributed by atoms with Gasteiger partial charge in [-0.2, -0.15) is 26.3 Å². The van der Waals surface area contributed by atoms with E-state index in [0.717, 1.165) is 15.6 Å². The molecule has 7 nitrogen and oxygen atoms in total. The Labute approximate surface area is 275 Å². The molecule has 0 aliphatic rings. The van der Waals surface area contributed by atoms with Gasteiger partial charge < -0.3 is 25.2 Å². The average molecular weight is 780 g/mol. The maximum Gasteiger partial charge on any atom is 0.471 e. The van der Waals surface area contributed by atoms with Gasteiger partial charge in [0.1, 0.15) is 11.5 Å². The quantitative estimate of drug-likeness (QED) is 0.109. The third-order valence-electron chi connectivity index (χ3n) is 6.82. The molecule has 3 N–H and O–H groups in total. The van der Waals surface area contributed by atoms with Gasteiger partial charge >= 0.3 is 24.2 Å². The maximum atomic E-state index is 12.1. The number of ether oxygens (including phenoxy) is 2. The molecule has 0 saturated carbocycles. The van der Waals surface area contributed by atoms with Crippen molar-refractivity contribution >= 4 is 43.7 Å². The van der Waals surface area contributed by atoms with Crippen LogP contribution < -0.4 is 15.4 Å². The summed E-state index contributed by atoms with van der Waals surface area (Å²) in [4.78, 5) is 21.4. The number of carbonyl (C=O) groups excluding carboxylic acids is 2. The van der Waals surface area contributed by atoms with Crippen molar-refractivity contribution in [3.8, 4) is 11.5 Å². The molecule has 0 bridgehead atoms. The Morgan fingerprint density at radius 3 is 1.58 bits per heavy atom. The summed E-state index contributed by atoms with van der Waals surface area (Å²) < 4.78 is 84.1. The summed E-state index contributed by atoms with van der Waals surface area (Å²) in [5.74, 6) is -3.07. The fraction of sp³-hybridized carbons (Fsp3) is 0.533. The third kappa shape index (κ3) is 14.2. The predicted molar refractivity (Wildman–Crippen MR) is 165 cm³/mol. The van der Waals surface area contributed by atoms with Crippen LogP contribution in [0.5, 0.6) is 11.5 Å². The molecule has 254 valence electrons. The number of aromatic hydroxyl groups is 1. The summed E-state index contributed by atoms with van der Waals surface area (Å²) >= 11 is 6.58. The number of alkyl halides is 6. The highest BCUT2D eigenvalue weighted by molar-refractivity contribution is 9.10. The minimum absolute atomic E-state index is 0.0225. The molecule has 2 aromatic carbocycles. The van der Waals surface area contributed by atoms with Gasteiger partial charge in [0, 0.05) is 20.2 Å². The molecule has 0 spiro atoms. The Morgan fingerprint density at radius 1 is 0.756 bits per heavy atom. The normalized spacial score (nSPS) is 12.2. The van der Waals surface area contributed by atoms with Crippen molar-refractivity contribution in [2.24, 2.45) is 0 Å². The van der Waals surface area contributed by atoms with E-state index in [9.17, 15) is 41.0 Å². The van der Waals surface area contributed by atoms with E-state index in [0.29, 0.717) is 35.9 Å². The maximum absolute atomic E-state index is 12.1. The van der Waals surface area contributed by atoms with Crippen LogP contribution in [-0.2, 0) is 25.2 Å². The Morgan fingerprint density at radius 2 is 1.18 bits per heavy atom. The highest BCUT2D eigenvalue weighted by Crippen LogP contribution is 2.35. The van der Waals surface area contributed by atoms with Crippen molar-refractivity contribution in [3.05, 3.63) is 56.5 Å². The smallest absolute Gasteiger partial charge is 0.471 e. The zero-order chi connectivity index (χ0) is 34.6. The summed E-state index contributed by atoms with van der Waals surface area (Å²) in [7, 11) is 1.52. The minimum Gasteiger partial charge on any atom is -0.507 e. The first-order chi connectivity index (χ1) is 20.6. The molecule has 0 fully saturated rings. The zero-order valence-electron chi connectivity index (χ0n) is 25.5. The van der Waals surface area contributed by atoms with Gasteiger partial charge in [-0.15, -0.1) is 0 Å². The second kappa shape index (κ2) is 17.4. The van der Waals surface area contributed by atoms with Crippen molar-refractivity contribution in [1.82, 2.24) is 10.6 Å². The summed E-state index contributed by atoms with van der Waals surface area (Å²) in [6.07, 6.45) is -7.66. The lowest BCUT2D eigenvalue weighted by molar-refractivity contribution is -0.173. The number of hydrogen-bond donors (Lipinski definition) is 3. The lowest BCUT2D eigenvalue weighted by atomic mass is 9.80. The fourth-order valence-electron chi connectivity index (χ4n) is 4.04. The zero-order valence-corrected chi connectivity index (χ0v) is 28.7. The first-order valence-electron chi connectivity index (χ1n) is 13.7. The van der Waals surface area contributed by atoms with Crippen LogP contribution >= 0.6 is 31.9 Å². The molecular weight excluding hydrogens is 742 g/mol.